The Morgan fingerprint density at radius 3 is 2.62 bits per heavy atom. The van der Waals surface area contributed by atoms with Gasteiger partial charge in [0, 0.05) is 29.9 Å². The summed E-state index contributed by atoms with van der Waals surface area (Å²) in [6.45, 7) is 6.23. The van der Waals surface area contributed by atoms with Crippen LogP contribution in [-0.2, 0) is 17.7 Å². The van der Waals surface area contributed by atoms with Crippen molar-refractivity contribution in [1.29, 1.82) is 0 Å². The van der Waals surface area contributed by atoms with Crippen LogP contribution in [0, 0.1) is 0 Å². The molecule has 0 spiro atoms. The normalized spacial score (nSPS) is 11.7. The summed E-state index contributed by atoms with van der Waals surface area (Å²) in [4.78, 5) is 17.0. The first-order valence-electron chi connectivity index (χ1n) is 9.54. The van der Waals surface area contributed by atoms with Crippen LogP contribution in [0.3, 0.4) is 0 Å². The first-order valence-corrected chi connectivity index (χ1v) is 9.54. The Hall–Kier alpha value is -3.48. The predicted molar refractivity (Wildman–Crippen MR) is 111 cm³/mol. The molecule has 3 heterocycles. The number of hydrogen-bond donors (Lipinski definition) is 0. The van der Waals surface area contributed by atoms with Crippen LogP contribution in [0.4, 0.5) is 4.79 Å². The summed E-state index contributed by atoms with van der Waals surface area (Å²) in [5.41, 5.74) is 2.68. The molecule has 29 heavy (non-hydrogen) atoms. The smallest absolute Gasteiger partial charge is 0.420 e. The number of benzene rings is 1. The maximum absolute atomic E-state index is 12.6. The Labute approximate surface area is 168 Å². The van der Waals surface area contributed by atoms with Crippen molar-refractivity contribution in [3.8, 4) is 11.3 Å². The lowest BCUT2D eigenvalue weighted by Gasteiger charge is -2.19. The van der Waals surface area contributed by atoms with Crippen molar-refractivity contribution in [3.63, 3.8) is 0 Å². The van der Waals surface area contributed by atoms with Gasteiger partial charge < -0.3 is 4.74 Å². The Morgan fingerprint density at radius 2 is 1.86 bits per heavy atom. The van der Waals surface area contributed by atoms with Gasteiger partial charge in [0.2, 0.25) is 0 Å². The average molecular weight is 389 g/mol. The second kappa shape index (κ2) is 7.50. The number of hydrogen-bond acceptors (Lipinski definition) is 5. The van der Waals surface area contributed by atoms with E-state index < -0.39 is 11.7 Å². The molecule has 0 fully saturated rings. The highest BCUT2D eigenvalue weighted by molar-refractivity contribution is 5.97. The van der Waals surface area contributed by atoms with Crippen LogP contribution in [-0.4, -0.2) is 36.2 Å². The van der Waals surface area contributed by atoms with Crippen molar-refractivity contribution in [1.82, 2.24) is 24.5 Å². The minimum Gasteiger partial charge on any atom is -0.443 e. The van der Waals surface area contributed by atoms with E-state index in [2.05, 4.69) is 27.4 Å². The number of carbonyl (C=O) groups excluding carboxylic acids is 1. The van der Waals surface area contributed by atoms with Crippen molar-refractivity contribution in [2.75, 3.05) is 0 Å². The number of ether oxygens (including phenoxy) is 1. The molecule has 0 unspecified atom stereocenters. The molecule has 0 aliphatic rings. The van der Waals surface area contributed by atoms with Crippen molar-refractivity contribution in [2.24, 2.45) is 0 Å². The lowest BCUT2D eigenvalue weighted by molar-refractivity contribution is 0.0544. The highest BCUT2D eigenvalue weighted by Crippen LogP contribution is 2.28. The molecule has 0 radical (unpaired) electrons. The summed E-state index contributed by atoms with van der Waals surface area (Å²) in [5, 5.41) is 9.39. The third-order valence-corrected chi connectivity index (χ3v) is 4.44. The van der Waals surface area contributed by atoms with Crippen LogP contribution in [0.2, 0.25) is 0 Å². The van der Waals surface area contributed by atoms with Crippen LogP contribution >= 0.6 is 0 Å². The molecule has 0 aliphatic carbocycles. The maximum atomic E-state index is 12.6. The molecule has 0 saturated heterocycles. The summed E-state index contributed by atoms with van der Waals surface area (Å²) in [7, 11) is 0. The average Bonchev–Trinajstić information content (AvgIpc) is 3.30. The van der Waals surface area contributed by atoms with E-state index in [1.807, 2.05) is 62.0 Å². The van der Waals surface area contributed by atoms with Crippen molar-refractivity contribution in [3.05, 3.63) is 66.6 Å². The van der Waals surface area contributed by atoms with Crippen molar-refractivity contribution in [2.45, 2.75) is 39.3 Å². The van der Waals surface area contributed by atoms with Gasteiger partial charge >= 0.3 is 6.09 Å². The fraction of sp³-hybridized carbons (Fsp3) is 0.273. The molecule has 0 atom stereocenters. The fourth-order valence-corrected chi connectivity index (χ4v) is 3.13. The van der Waals surface area contributed by atoms with Gasteiger partial charge in [-0.05, 0) is 44.9 Å². The molecule has 7 nitrogen and oxygen atoms in total. The number of nitrogens with zero attached hydrogens (tertiary/aromatic N) is 5. The zero-order valence-corrected chi connectivity index (χ0v) is 16.7. The van der Waals surface area contributed by atoms with Crippen LogP contribution in [0.5, 0.6) is 0 Å². The van der Waals surface area contributed by atoms with E-state index in [-0.39, 0.29) is 0 Å². The standard InChI is InChI=1S/C22H23N5O2/c1-22(2,3)29-21(28)27-14-18(17-10-7-12-23-20(17)27)19-15-26(25-24-19)13-11-16-8-5-4-6-9-16/h4-10,12,14-15H,11,13H2,1-3H3. The third kappa shape index (κ3) is 4.18. The molecule has 0 saturated carbocycles. The highest BCUT2D eigenvalue weighted by atomic mass is 16.6. The number of pyridine rings is 1. The Kier molecular flexibility index (Phi) is 4.88. The number of aromatic nitrogens is 5. The highest BCUT2D eigenvalue weighted by Gasteiger charge is 2.22. The van der Waals surface area contributed by atoms with Crippen LogP contribution < -0.4 is 0 Å². The van der Waals surface area contributed by atoms with E-state index >= 15 is 0 Å². The lowest BCUT2D eigenvalue weighted by atomic mass is 10.1. The Bertz CT molecular complexity index is 1140. The summed E-state index contributed by atoms with van der Waals surface area (Å²) >= 11 is 0. The van der Waals surface area contributed by atoms with E-state index in [9.17, 15) is 4.79 Å². The van der Waals surface area contributed by atoms with Gasteiger partial charge in [-0.1, -0.05) is 35.5 Å². The largest absolute Gasteiger partial charge is 0.443 e. The summed E-state index contributed by atoms with van der Waals surface area (Å²) < 4.78 is 8.76. The van der Waals surface area contributed by atoms with Crippen molar-refractivity contribution >= 4 is 17.1 Å². The van der Waals surface area contributed by atoms with E-state index in [1.54, 1.807) is 12.4 Å². The Morgan fingerprint density at radius 1 is 1.07 bits per heavy atom. The number of rotatable bonds is 4. The van der Waals surface area contributed by atoms with E-state index in [0.29, 0.717) is 11.3 Å². The molecule has 3 aromatic heterocycles. The number of fused-ring (bicyclic) bond motifs is 1. The quantitative estimate of drug-likeness (QED) is 0.520. The molecule has 4 rings (SSSR count). The third-order valence-electron chi connectivity index (χ3n) is 4.44. The predicted octanol–water partition coefficient (Wildman–Crippen LogP) is 4.32. The first-order chi connectivity index (χ1) is 13.9. The number of aryl methyl sites for hydroxylation is 2. The van der Waals surface area contributed by atoms with Gasteiger partial charge in [0.15, 0.2) is 0 Å². The van der Waals surface area contributed by atoms with Crippen LogP contribution in [0.15, 0.2) is 61.1 Å². The van der Waals surface area contributed by atoms with E-state index in [4.69, 9.17) is 4.74 Å². The SMILES string of the molecule is CC(C)(C)OC(=O)n1cc(-c2cn(CCc3ccccc3)nn2)c2cccnc21. The minimum absolute atomic E-state index is 0.469. The van der Waals surface area contributed by atoms with Crippen molar-refractivity contribution < 1.29 is 9.53 Å². The second-order valence-corrected chi connectivity index (χ2v) is 7.87. The van der Waals surface area contributed by atoms with Crippen LogP contribution in [0.25, 0.3) is 22.3 Å². The summed E-state index contributed by atoms with van der Waals surface area (Å²) in [6, 6.07) is 14.0. The zero-order valence-electron chi connectivity index (χ0n) is 16.7. The molecule has 0 bridgehead atoms. The van der Waals surface area contributed by atoms with Gasteiger partial charge in [-0.3, -0.25) is 4.68 Å². The first kappa shape index (κ1) is 18.9. The van der Waals surface area contributed by atoms with Gasteiger partial charge in [0.1, 0.15) is 16.9 Å². The molecule has 7 heteroatoms. The van der Waals surface area contributed by atoms with Gasteiger partial charge in [-0.25, -0.2) is 14.3 Å². The second-order valence-electron chi connectivity index (χ2n) is 7.87. The molecule has 0 aliphatic heterocycles. The molecule has 0 N–H and O–H groups in total. The lowest BCUT2D eigenvalue weighted by Crippen LogP contribution is -2.26. The van der Waals surface area contributed by atoms with Crippen LogP contribution in [0.1, 0.15) is 26.3 Å². The monoisotopic (exact) mass is 389 g/mol. The Balaban J connectivity index is 1.63. The van der Waals surface area contributed by atoms with E-state index in [0.717, 1.165) is 23.9 Å². The molecule has 4 aromatic rings. The van der Waals surface area contributed by atoms with Gasteiger partial charge in [0.05, 0.1) is 6.20 Å². The summed E-state index contributed by atoms with van der Waals surface area (Å²) in [6.07, 6.45) is 5.67. The molecule has 148 valence electrons. The molecular weight excluding hydrogens is 366 g/mol. The molecule has 0 amide bonds. The molecule has 1 aromatic carbocycles. The number of carbonyl (C=O) groups is 1. The van der Waals surface area contributed by atoms with E-state index in [1.165, 1.54) is 10.1 Å². The van der Waals surface area contributed by atoms with Gasteiger partial charge in [-0.2, -0.15) is 0 Å². The summed E-state index contributed by atoms with van der Waals surface area (Å²) in [5.74, 6) is 0. The fourth-order valence-electron chi connectivity index (χ4n) is 3.13. The minimum atomic E-state index is -0.594. The maximum Gasteiger partial charge on any atom is 0.420 e. The topological polar surface area (TPSA) is 74.8 Å². The zero-order chi connectivity index (χ0) is 20.4. The van der Waals surface area contributed by atoms with Gasteiger partial charge in [0.25, 0.3) is 0 Å². The van der Waals surface area contributed by atoms with Gasteiger partial charge in [-0.15, -0.1) is 5.10 Å². The molecular formula is C22H23N5O2.